The van der Waals surface area contributed by atoms with Crippen LogP contribution in [0.15, 0.2) is 29.2 Å². The number of halogens is 3. The number of benzene rings is 1. The van der Waals surface area contributed by atoms with Crippen LogP contribution in [0.1, 0.15) is 41.9 Å². The minimum atomic E-state index is -2.91. The van der Waals surface area contributed by atoms with Gasteiger partial charge in [-0.25, -0.2) is 27.8 Å². The van der Waals surface area contributed by atoms with Crippen molar-refractivity contribution < 1.29 is 17.9 Å². The lowest BCUT2D eigenvalue weighted by Gasteiger charge is -2.30. The van der Waals surface area contributed by atoms with Crippen molar-refractivity contribution >= 4 is 16.7 Å². The topological polar surface area (TPSA) is 72.3 Å². The van der Waals surface area contributed by atoms with Crippen LogP contribution in [0.25, 0.3) is 10.9 Å². The molecule has 0 saturated carbocycles. The van der Waals surface area contributed by atoms with E-state index in [2.05, 4.69) is 15.3 Å². The van der Waals surface area contributed by atoms with Crippen LogP contribution in [-0.4, -0.2) is 40.9 Å². The van der Waals surface area contributed by atoms with E-state index in [4.69, 9.17) is 4.74 Å². The summed E-state index contributed by atoms with van der Waals surface area (Å²) in [4.78, 5) is 21.9. The maximum atomic E-state index is 14.7. The number of hydrogen-bond acceptors (Lipinski definition) is 6. The van der Waals surface area contributed by atoms with E-state index in [0.717, 1.165) is 6.07 Å². The van der Waals surface area contributed by atoms with Gasteiger partial charge in [0.05, 0.1) is 48.8 Å². The molecule has 1 aliphatic rings. The minimum absolute atomic E-state index is 0.102. The number of morpholine rings is 1. The third kappa shape index (κ3) is 4.02. The fourth-order valence-electron chi connectivity index (χ4n) is 3.89. The number of rotatable bonds is 5. The van der Waals surface area contributed by atoms with Gasteiger partial charge in [-0.1, -0.05) is 18.2 Å². The third-order valence-corrected chi connectivity index (χ3v) is 5.60. The van der Waals surface area contributed by atoms with Crippen LogP contribution in [0.3, 0.4) is 0 Å². The lowest BCUT2D eigenvalue weighted by molar-refractivity contribution is 0.110. The molecule has 3 aromatic rings. The molecule has 0 aliphatic carbocycles. The predicted molar refractivity (Wildman–Crippen MR) is 115 cm³/mol. The Hall–Kier alpha value is -3.14. The summed E-state index contributed by atoms with van der Waals surface area (Å²) in [6, 6.07) is 3.28. The lowest BCUT2D eigenvalue weighted by atomic mass is 10.0. The molecule has 10 heteroatoms. The smallest absolute Gasteiger partial charge is 0.274 e. The van der Waals surface area contributed by atoms with Crippen molar-refractivity contribution in [3.63, 3.8) is 0 Å². The number of aryl methyl sites for hydroxylation is 2. The molecule has 1 aromatic carbocycles. The fourth-order valence-corrected chi connectivity index (χ4v) is 3.89. The van der Waals surface area contributed by atoms with Crippen molar-refractivity contribution in [3.8, 4) is 0 Å². The molecule has 0 spiro atoms. The SMILES string of the molecule is Cc1nc(N[C@H](C)c2cccc(C(F)F)c2F)c2cn(N3CCOCC3)c(=O)c(C)c2n1. The van der Waals surface area contributed by atoms with Gasteiger partial charge in [0.1, 0.15) is 17.5 Å². The van der Waals surface area contributed by atoms with E-state index in [1.54, 1.807) is 27.0 Å². The van der Waals surface area contributed by atoms with E-state index in [1.165, 1.54) is 16.8 Å². The minimum Gasteiger partial charge on any atom is -0.378 e. The normalized spacial score (nSPS) is 15.4. The third-order valence-electron chi connectivity index (χ3n) is 5.60. The molecule has 2 aromatic heterocycles. The molecule has 0 amide bonds. The number of alkyl halides is 2. The standard InChI is InChI=1S/C22H24F3N5O2/c1-12-19-17(11-30(22(12)31)29-7-9-32-10-8-29)21(28-14(3)27-19)26-13(2)15-5-4-6-16(18(15)23)20(24)25/h4-6,11,13,20H,7-10H2,1-3H3,(H,26,27,28)/t13-/m1/s1. The van der Waals surface area contributed by atoms with Gasteiger partial charge in [-0.2, -0.15) is 0 Å². The summed E-state index contributed by atoms with van der Waals surface area (Å²) in [7, 11) is 0. The van der Waals surface area contributed by atoms with E-state index in [-0.39, 0.29) is 11.1 Å². The number of hydrogen-bond donors (Lipinski definition) is 1. The molecule has 1 aliphatic heterocycles. The highest BCUT2D eigenvalue weighted by molar-refractivity contribution is 5.90. The molecule has 170 valence electrons. The Morgan fingerprint density at radius 2 is 1.81 bits per heavy atom. The molecule has 1 saturated heterocycles. The molecule has 1 fully saturated rings. The van der Waals surface area contributed by atoms with Crippen molar-refractivity contribution in [2.45, 2.75) is 33.2 Å². The maximum Gasteiger partial charge on any atom is 0.274 e. The number of ether oxygens (including phenoxy) is 1. The molecule has 0 bridgehead atoms. The summed E-state index contributed by atoms with van der Waals surface area (Å²) in [6.07, 6.45) is -1.24. The summed E-state index contributed by atoms with van der Waals surface area (Å²) < 4.78 is 47.9. The van der Waals surface area contributed by atoms with Crippen LogP contribution in [0.5, 0.6) is 0 Å². The Kier molecular flexibility index (Phi) is 6.05. The first-order valence-electron chi connectivity index (χ1n) is 10.3. The molecule has 3 heterocycles. The van der Waals surface area contributed by atoms with Crippen LogP contribution in [0.2, 0.25) is 0 Å². The number of pyridine rings is 1. The number of anilines is 1. The van der Waals surface area contributed by atoms with Crippen LogP contribution < -0.4 is 15.9 Å². The Morgan fingerprint density at radius 1 is 1.12 bits per heavy atom. The second-order valence-electron chi connectivity index (χ2n) is 7.77. The number of aromatic nitrogens is 3. The Morgan fingerprint density at radius 3 is 2.50 bits per heavy atom. The Labute approximate surface area is 182 Å². The van der Waals surface area contributed by atoms with Crippen LogP contribution in [0.4, 0.5) is 19.0 Å². The highest BCUT2D eigenvalue weighted by Crippen LogP contribution is 2.30. The van der Waals surface area contributed by atoms with Gasteiger partial charge in [0.25, 0.3) is 12.0 Å². The first-order chi connectivity index (χ1) is 15.3. The zero-order valence-electron chi connectivity index (χ0n) is 18.0. The first kappa shape index (κ1) is 22.1. The van der Waals surface area contributed by atoms with E-state index in [0.29, 0.717) is 54.4 Å². The zero-order valence-corrected chi connectivity index (χ0v) is 18.0. The number of nitrogens with one attached hydrogen (secondary N) is 1. The molecular formula is C22H24F3N5O2. The van der Waals surface area contributed by atoms with Gasteiger partial charge in [-0.3, -0.25) is 4.79 Å². The number of nitrogens with zero attached hydrogens (tertiary/aromatic N) is 4. The molecule has 7 nitrogen and oxygen atoms in total. The molecule has 1 N–H and O–H groups in total. The van der Waals surface area contributed by atoms with Gasteiger partial charge in [-0.15, -0.1) is 0 Å². The average Bonchev–Trinajstić information content (AvgIpc) is 2.77. The summed E-state index contributed by atoms with van der Waals surface area (Å²) >= 11 is 0. The van der Waals surface area contributed by atoms with E-state index < -0.39 is 23.8 Å². The second-order valence-corrected chi connectivity index (χ2v) is 7.77. The van der Waals surface area contributed by atoms with Crippen molar-refractivity contribution in [3.05, 3.63) is 63.1 Å². The van der Waals surface area contributed by atoms with Crippen LogP contribution in [-0.2, 0) is 4.74 Å². The summed E-state index contributed by atoms with van der Waals surface area (Å²) in [5.74, 6) is -0.119. The zero-order chi connectivity index (χ0) is 23.0. The Bertz CT molecular complexity index is 1210. The van der Waals surface area contributed by atoms with Crippen molar-refractivity contribution in [2.24, 2.45) is 0 Å². The van der Waals surface area contributed by atoms with Gasteiger partial charge in [-0.05, 0) is 20.8 Å². The van der Waals surface area contributed by atoms with Gasteiger partial charge < -0.3 is 15.1 Å². The van der Waals surface area contributed by atoms with E-state index in [9.17, 15) is 18.0 Å². The quantitative estimate of drug-likeness (QED) is 0.644. The van der Waals surface area contributed by atoms with Crippen molar-refractivity contribution in [1.82, 2.24) is 14.6 Å². The van der Waals surface area contributed by atoms with Crippen molar-refractivity contribution in [2.75, 3.05) is 36.6 Å². The second kappa shape index (κ2) is 8.78. The van der Waals surface area contributed by atoms with Gasteiger partial charge in [0.15, 0.2) is 0 Å². The van der Waals surface area contributed by atoms with Gasteiger partial charge >= 0.3 is 0 Å². The molecule has 4 rings (SSSR count). The van der Waals surface area contributed by atoms with Crippen molar-refractivity contribution in [1.29, 1.82) is 0 Å². The molecule has 32 heavy (non-hydrogen) atoms. The van der Waals surface area contributed by atoms with E-state index >= 15 is 0 Å². The maximum absolute atomic E-state index is 14.7. The highest BCUT2D eigenvalue weighted by Gasteiger charge is 2.22. The first-order valence-corrected chi connectivity index (χ1v) is 10.3. The monoisotopic (exact) mass is 447 g/mol. The van der Waals surface area contributed by atoms with Crippen LogP contribution >= 0.6 is 0 Å². The Balaban J connectivity index is 1.79. The van der Waals surface area contributed by atoms with E-state index in [1.807, 2.05) is 5.01 Å². The summed E-state index contributed by atoms with van der Waals surface area (Å²) in [6.45, 7) is 7.20. The molecule has 1 atom stereocenters. The van der Waals surface area contributed by atoms with Gasteiger partial charge in [0.2, 0.25) is 0 Å². The number of fused-ring (bicyclic) bond motifs is 1. The average molecular weight is 447 g/mol. The lowest BCUT2D eigenvalue weighted by Crippen LogP contribution is -2.49. The summed E-state index contributed by atoms with van der Waals surface area (Å²) in [5.41, 5.74) is 0.221. The van der Waals surface area contributed by atoms with Gasteiger partial charge in [0, 0.05) is 17.3 Å². The molecule has 0 unspecified atom stereocenters. The van der Waals surface area contributed by atoms with Crippen LogP contribution in [0, 0.1) is 19.7 Å². The predicted octanol–water partition coefficient (Wildman–Crippen LogP) is 3.63. The largest absolute Gasteiger partial charge is 0.378 e. The summed E-state index contributed by atoms with van der Waals surface area (Å²) in [5, 5.41) is 5.60. The molecule has 0 radical (unpaired) electrons. The fraction of sp³-hybridized carbons (Fsp3) is 0.409. The molecular weight excluding hydrogens is 423 g/mol. The highest BCUT2D eigenvalue weighted by atomic mass is 19.3.